The summed E-state index contributed by atoms with van der Waals surface area (Å²) in [7, 11) is -3.77. The molecule has 0 saturated heterocycles. The molecule has 0 aromatic heterocycles. The van der Waals surface area contributed by atoms with Gasteiger partial charge in [0.1, 0.15) is 0 Å². The van der Waals surface area contributed by atoms with Gasteiger partial charge in [0.25, 0.3) is 10.2 Å². The average Bonchev–Trinajstić information content (AvgIpc) is 3.17. The van der Waals surface area contributed by atoms with Gasteiger partial charge >= 0.3 is 0 Å². The van der Waals surface area contributed by atoms with E-state index in [4.69, 9.17) is 5.14 Å². The monoisotopic (exact) mass is 321 g/mol. The largest absolute Gasteiger partial charge is 0.322 e. The lowest BCUT2D eigenvalue weighted by molar-refractivity contribution is -0.112. The van der Waals surface area contributed by atoms with Gasteiger partial charge in [-0.25, -0.2) is 5.14 Å². The van der Waals surface area contributed by atoms with E-state index in [0.29, 0.717) is 30.3 Å². The number of nitrogens with two attached hydrogens (primary N) is 1. The van der Waals surface area contributed by atoms with Gasteiger partial charge in [-0.1, -0.05) is 11.6 Å². The minimum Gasteiger partial charge on any atom is -0.322 e. The standard InChI is InChI=1S/C15H19N3O3S/c1-10(11-2-3-11)8-15(19)17-13-5-4-12-6-7-18(14(12)9-13)22(16,20)21/h4-5,8-9,11H,2-3,6-7H2,1H3,(H,17,19)(H2,16,20,21). The van der Waals surface area contributed by atoms with E-state index in [2.05, 4.69) is 5.32 Å². The topological polar surface area (TPSA) is 92.5 Å². The minimum atomic E-state index is -3.77. The van der Waals surface area contributed by atoms with E-state index in [-0.39, 0.29) is 5.91 Å². The van der Waals surface area contributed by atoms with Crippen LogP contribution in [0.15, 0.2) is 29.8 Å². The van der Waals surface area contributed by atoms with E-state index in [1.54, 1.807) is 18.2 Å². The number of benzene rings is 1. The molecule has 3 rings (SSSR count). The summed E-state index contributed by atoms with van der Waals surface area (Å²) in [4.78, 5) is 12.0. The van der Waals surface area contributed by atoms with E-state index in [1.807, 2.05) is 13.0 Å². The predicted molar refractivity (Wildman–Crippen MR) is 85.7 cm³/mol. The highest BCUT2D eigenvalue weighted by Crippen LogP contribution is 2.36. The third kappa shape index (κ3) is 3.15. The zero-order valence-electron chi connectivity index (χ0n) is 12.4. The minimum absolute atomic E-state index is 0.190. The zero-order valence-corrected chi connectivity index (χ0v) is 13.2. The molecule has 1 amide bonds. The molecule has 22 heavy (non-hydrogen) atoms. The van der Waals surface area contributed by atoms with Gasteiger partial charge in [-0.05, 0) is 49.8 Å². The molecule has 1 heterocycles. The van der Waals surface area contributed by atoms with Crippen molar-refractivity contribution in [1.29, 1.82) is 0 Å². The SMILES string of the molecule is CC(=CC(=O)Nc1ccc2c(c1)N(S(N)(=O)=O)CC2)C1CC1. The van der Waals surface area contributed by atoms with Crippen molar-refractivity contribution in [3.05, 3.63) is 35.4 Å². The van der Waals surface area contributed by atoms with Gasteiger partial charge < -0.3 is 5.32 Å². The fourth-order valence-electron chi connectivity index (χ4n) is 2.73. The normalized spacial score (nSPS) is 18.3. The molecule has 2 aliphatic rings. The van der Waals surface area contributed by atoms with Crippen LogP contribution in [0.5, 0.6) is 0 Å². The van der Waals surface area contributed by atoms with Crippen LogP contribution in [0.2, 0.25) is 0 Å². The van der Waals surface area contributed by atoms with Gasteiger partial charge in [-0.3, -0.25) is 9.10 Å². The van der Waals surface area contributed by atoms with E-state index in [0.717, 1.165) is 24.0 Å². The number of carbonyl (C=O) groups is 1. The first kappa shape index (κ1) is 15.1. The predicted octanol–water partition coefficient (Wildman–Crippen LogP) is 1.55. The van der Waals surface area contributed by atoms with Crippen molar-refractivity contribution in [2.45, 2.75) is 26.2 Å². The number of amides is 1. The van der Waals surface area contributed by atoms with Gasteiger partial charge in [-0.2, -0.15) is 8.42 Å². The summed E-state index contributed by atoms with van der Waals surface area (Å²) in [5.74, 6) is 0.355. The first-order valence-electron chi connectivity index (χ1n) is 7.27. The third-order valence-electron chi connectivity index (χ3n) is 4.09. The molecule has 1 aliphatic carbocycles. The second kappa shape index (κ2) is 5.40. The Hall–Kier alpha value is -1.86. The Bertz CT molecular complexity index is 751. The van der Waals surface area contributed by atoms with Crippen molar-refractivity contribution < 1.29 is 13.2 Å². The molecule has 1 aromatic rings. The molecule has 1 aliphatic heterocycles. The summed E-state index contributed by atoms with van der Waals surface area (Å²) in [6.45, 7) is 2.30. The summed E-state index contributed by atoms with van der Waals surface area (Å²) >= 11 is 0. The van der Waals surface area contributed by atoms with E-state index < -0.39 is 10.2 Å². The highest BCUT2D eigenvalue weighted by molar-refractivity contribution is 7.90. The van der Waals surface area contributed by atoms with Crippen LogP contribution < -0.4 is 14.8 Å². The van der Waals surface area contributed by atoms with Gasteiger partial charge in [0.05, 0.1) is 5.69 Å². The van der Waals surface area contributed by atoms with Crippen LogP contribution in [0.25, 0.3) is 0 Å². The second-order valence-corrected chi connectivity index (χ2v) is 7.33. The first-order chi connectivity index (χ1) is 10.3. The maximum Gasteiger partial charge on any atom is 0.299 e. The Morgan fingerprint density at radius 2 is 2.14 bits per heavy atom. The molecule has 118 valence electrons. The molecule has 1 fully saturated rings. The molecule has 0 unspecified atom stereocenters. The summed E-state index contributed by atoms with van der Waals surface area (Å²) < 4.78 is 24.3. The molecule has 0 atom stereocenters. The van der Waals surface area contributed by atoms with Crippen LogP contribution in [-0.2, 0) is 21.4 Å². The molecule has 1 saturated carbocycles. The van der Waals surface area contributed by atoms with Crippen LogP contribution >= 0.6 is 0 Å². The molecule has 0 spiro atoms. The number of nitrogens with zero attached hydrogens (tertiary/aromatic N) is 1. The molecular formula is C15H19N3O3S. The lowest BCUT2D eigenvalue weighted by atomic mass is 10.1. The molecule has 0 bridgehead atoms. The van der Waals surface area contributed by atoms with Crippen molar-refractivity contribution in [2.75, 3.05) is 16.2 Å². The fraction of sp³-hybridized carbons (Fsp3) is 0.400. The van der Waals surface area contributed by atoms with Crippen LogP contribution in [0.4, 0.5) is 11.4 Å². The molecule has 7 heteroatoms. The Labute approximate surface area is 130 Å². The molecular weight excluding hydrogens is 302 g/mol. The average molecular weight is 321 g/mol. The molecule has 1 aromatic carbocycles. The highest BCUT2D eigenvalue weighted by atomic mass is 32.2. The van der Waals surface area contributed by atoms with Crippen LogP contribution in [0.1, 0.15) is 25.3 Å². The van der Waals surface area contributed by atoms with Gasteiger partial charge in [0.2, 0.25) is 5.91 Å². The summed E-state index contributed by atoms with van der Waals surface area (Å²) in [6.07, 6.45) is 4.54. The number of hydrogen-bond acceptors (Lipinski definition) is 3. The second-order valence-electron chi connectivity index (χ2n) is 5.86. The molecule has 6 nitrogen and oxygen atoms in total. The van der Waals surface area contributed by atoms with Crippen molar-refractivity contribution in [3.63, 3.8) is 0 Å². The third-order valence-corrected chi connectivity index (χ3v) is 5.09. The number of carbonyl (C=O) groups excluding carboxylic acids is 1. The molecule has 0 radical (unpaired) electrons. The van der Waals surface area contributed by atoms with Gasteiger partial charge in [0.15, 0.2) is 0 Å². The van der Waals surface area contributed by atoms with Crippen molar-refractivity contribution in [2.24, 2.45) is 11.1 Å². The lowest BCUT2D eigenvalue weighted by Gasteiger charge is -2.16. The first-order valence-corrected chi connectivity index (χ1v) is 8.77. The lowest BCUT2D eigenvalue weighted by Crippen LogP contribution is -2.35. The number of allylic oxidation sites excluding steroid dienone is 1. The maximum atomic E-state index is 12.0. The number of rotatable bonds is 4. The smallest absolute Gasteiger partial charge is 0.299 e. The van der Waals surface area contributed by atoms with E-state index in [9.17, 15) is 13.2 Å². The Morgan fingerprint density at radius 1 is 1.41 bits per heavy atom. The number of anilines is 2. The quantitative estimate of drug-likeness (QED) is 0.824. The zero-order chi connectivity index (χ0) is 15.9. The van der Waals surface area contributed by atoms with Crippen molar-refractivity contribution >= 4 is 27.5 Å². The summed E-state index contributed by atoms with van der Waals surface area (Å²) in [5, 5.41) is 7.99. The maximum absolute atomic E-state index is 12.0. The number of nitrogens with one attached hydrogen (secondary N) is 1. The molecule has 3 N–H and O–H groups in total. The van der Waals surface area contributed by atoms with E-state index >= 15 is 0 Å². The summed E-state index contributed by atoms with van der Waals surface area (Å²) in [6, 6.07) is 5.27. The van der Waals surface area contributed by atoms with Gasteiger partial charge in [-0.15, -0.1) is 0 Å². The number of fused-ring (bicyclic) bond motifs is 1. The summed E-state index contributed by atoms with van der Waals surface area (Å²) in [5.41, 5.74) is 3.11. The Kier molecular flexibility index (Phi) is 3.70. The van der Waals surface area contributed by atoms with Crippen LogP contribution in [0.3, 0.4) is 0 Å². The van der Waals surface area contributed by atoms with Crippen molar-refractivity contribution in [1.82, 2.24) is 0 Å². The fourth-order valence-corrected chi connectivity index (χ4v) is 3.52. The van der Waals surface area contributed by atoms with Gasteiger partial charge in [0, 0.05) is 18.3 Å². The van der Waals surface area contributed by atoms with Crippen LogP contribution in [0, 0.1) is 5.92 Å². The van der Waals surface area contributed by atoms with Crippen LogP contribution in [-0.4, -0.2) is 20.9 Å². The Morgan fingerprint density at radius 3 is 2.77 bits per heavy atom. The Balaban J connectivity index is 1.79. The number of hydrogen-bond donors (Lipinski definition) is 2. The van der Waals surface area contributed by atoms with E-state index in [1.165, 1.54) is 4.31 Å². The highest BCUT2D eigenvalue weighted by Gasteiger charge is 2.27. The van der Waals surface area contributed by atoms with Crippen molar-refractivity contribution in [3.8, 4) is 0 Å².